The number of hydrogen-bond donors (Lipinski definition) is 1. The second kappa shape index (κ2) is 7.17. The molecule has 6 heteroatoms. The fourth-order valence-corrected chi connectivity index (χ4v) is 2.71. The highest BCUT2D eigenvalue weighted by Crippen LogP contribution is 2.16. The molecular formula is C16H16FNO3S. The summed E-state index contributed by atoms with van der Waals surface area (Å²) in [5.41, 5.74) is 1.60. The lowest BCUT2D eigenvalue weighted by Gasteiger charge is -2.14. The first-order valence-corrected chi connectivity index (χ1v) is 7.61. The van der Waals surface area contributed by atoms with E-state index in [2.05, 4.69) is 5.32 Å². The van der Waals surface area contributed by atoms with Crippen LogP contribution in [-0.2, 0) is 9.53 Å². The summed E-state index contributed by atoms with van der Waals surface area (Å²) in [5.74, 6) is -1.24. The maximum atomic E-state index is 12.8. The van der Waals surface area contributed by atoms with E-state index in [1.807, 2.05) is 13.0 Å². The molecule has 0 bridgehead atoms. The van der Waals surface area contributed by atoms with Crippen LogP contribution in [0.1, 0.15) is 33.8 Å². The molecule has 0 aliphatic carbocycles. The van der Waals surface area contributed by atoms with Gasteiger partial charge >= 0.3 is 5.97 Å². The fourth-order valence-electron chi connectivity index (χ4n) is 1.90. The molecular weight excluding hydrogens is 305 g/mol. The van der Waals surface area contributed by atoms with E-state index < -0.39 is 11.9 Å². The van der Waals surface area contributed by atoms with Crippen molar-refractivity contribution in [2.45, 2.75) is 19.9 Å². The Labute approximate surface area is 131 Å². The molecule has 22 heavy (non-hydrogen) atoms. The Morgan fingerprint density at radius 3 is 2.55 bits per heavy atom. The summed E-state index contributed by atoms with van der Waals surface area (Å²) in [5, 5.41) is 4.49. The Hall–Kier alpha value is -2.21. The van der Waals surface area contributed by atoms with Crippen LogP contribution in [0.15, 0.2) is 35.7 Å². The molecule has 1 N–H and O–H groups in total. The van der Waals surface area contributed by atoms with Crippen LogP contribution < -0.4 is 5.32 Å². The van der Waals surface area contributed by atoms with Crippen LogP contribution in [0.2, 0.25) is 0 Å². The van der Waals surface area contributed by atoms with Gasteiger partial charge in [-0.1, -0.05) is 12.1 Å². The van der Waals surface area contributed by atoms with Crippen LogP contribution in [0.5, 0.6) is 0 Å². The number of rotatable bonds is 5. The summed E-state index contributed by atoms with van der Waals surface area (Å²) in [6, 6.07) is 7.38. The number of ether oxygens (including phenoxy) is 1. The number of carbonyl (C=O) groups excluding carboxylic acids is 2. The molecule has 0 saturated carbocycles. The van der Waals surface area contributed by atoms with Crippen LogP contribution >= 0.6 is 11.3 Å². The molecule has 1 atom stereocenters. The number of nitrogens with one attached hydrogen (secondary N) is 1. The topological polar surface area (TPSA) is 55.4 Å². The number of esters is 1. The lowest BCUT2D eigenvalue weighted by Crippen LogP contribution is -2.31. The van der Waals surface area contributed by atoms with Crippen molar-refractivity contribution in [3.63, 3.8) is 0 Å². The van der Waals surface area contributed by atoms with Crippen LogP contribution in [0, 0.1) is 12.7 Å². The van der Waals surface area contributed by atoms with Crippen LogP contribution in [0.3, 0.4) is 0 Å². The Morgan fingerprint density at radius 1 is 1.27 bits per heavy atom. The van der Waals surface area contributed by atoms with Crippen LogP contribution in [0.4, 0.5) is 4.39 Å². The molecule has 0 fully saturated rings. The van der Waals surface area contributed by atoms with E-state index in [4.69, 9.17) is 4.74 Å². The largest absolute Gasteiger partial charge is 0.451 e. The summed E-state index contributed by atoms with van der Waals surface area (Å²) >= 11 is 1.28. The van der Waals surface area contributed by atoms with Gasteiger partial charge < -0.3 is 10.1 Å². The number of aryl methyl sites for hydroxylation is 1. The molecule has 2 aromatic rings. The van der Waals surface area contributed by atoms with Gasteiger partial charge in [0.1, 0.15) is 10.7 Å². The normalized spacial score (nSPS) is 11.8. The first-order valence-electron chi connectivity index (χ1n) is 6.73. The zero-order chi connectivity index (χ0) is 16.1. The van der Waals surface area contributed by atoms with E-state index in [1.54, 1.807) is 24.4 Å². The van der Waals surface area contributed by atoms with E-state index in [0.717, 1.165) is 11.1 Å². The highest BCUT2D eigenvalue weighted by Gasteiger charge is 2.15. The zero-order valence-corrected chi connectivity index (χ0v) is 13.1. The van der Waals surface area contributed by atoms with E-state index in [9.17, 15) is 14.0 Å². The minimum Gasteiger partial charge on any atom is -0.451 e. The highest BCUT2D eigenvalue weighted by atomic mass is 32.1. The number of thiophene rings is 1. The van der Waals surface area contributed by atoms with Crippen molar-refractivity contribution in [1.82, 2.24) is 5.32 Å². The summed E-state index contributed by atoms with van der Waals surface area (Å²) < 4.78 is 17.8. The maximum absolute atomic E-state index is 12.8. The van der Waals surface area contributed by atoms with Crippen molar-refractivity contribution in [1.29, 1.82) is 0 Å². The number of halogens is 1. The molecule has 0 saturated heterocycles. The molecule has 0 unspecified atom stereocenters. The molecule has 0 radical (unpaired) electrons. The third kappa shape index (κ3) is 4.14. The predicted octanol–water partition coefficient (Wildman–Crippen LogP) is 3.23. The van der Waals surface area contributed by atoms with Crippen molar-refractivity contribution < 1.29 is 18.7 Å². The van der Waals surface area contributed by atoms with Gasteiger partial charge in [0.25, 0.3) is 5.91 Å². The second-order valence-electron chi connectivity index (χ2n) is 4.85. The Morgan fingerprint density at radius 2 is 1.95 bits per heavy atom. The lowest BCUT2D eigenvalue weighted by atomic mass is 10.1. The smallest absolute Gasteiger partial charge is 0.349 e. The molecule has 2 rings (SSSR count). The fraction of sp³-hybridized carbons (Fsp3) is 0.250. The van der Waals surface area contributed by atoms with Gasteiger partial charge in [-0.05, 0) is 48.6 Å². The number of amides is 1. The van der Waals surface area contributed by atoms with Crippen molar-refractivity contribution >= 4 is 23.2 Å². The first kappa shape index (κ1) is 16.2. The maximum Gasteiger partial charge on any atom is 0.349 e. The van der Waals surface area contributed by atoms with Gasteiger partial charge in [0.15, 0.2) is 6.61 Å². The monoisotopic (exact) mass is 321 g/mol. The number of benzene rings is 1. The minimum absolute atomic E-state index is 0.296. The van der Waals surface area contributed by atoms with Gasteiger partial charge in [-0.2, -0.15) is 0 Å². The third-order valence-corrected chi connectivity index (χ3v) is 4.13. The molecule has 1 amide bonds. The standard InChI is InChI=1S/C16H16FNO3S/c1-10-7-8-22-15(10)16(20)21-9-14(19)18-11(2)12-3-5-13(17)6-4-12/h3-8,11H,9H2,1-2H3,(H,18,19)/t11-/m1/s1. The quantitative estimate of drug-likeness (QED) is 0.860. The van der Waals surface area contributed by atoms with Gasteiger partial charge in [-0.25, -0.2) is 9.18 Å². The molecule has 4 nitrogen and oxygen atoms in total. The summed E-state index contributed by atoms with van der Waals surface area (Å²) in [4.78, 5) is 24.1. The Kier molecular flexibility index (Phi) is 5.27. The van der Waals surface area contributed by atoms with Crippen molar-refractivity contribution in [2.24, 2.45) is 0 Å². The van der Waals surface area contributed by atoms with Gasteiger partial charge in [0.05, 0.1) is 6.04 Å². The average Bonchev–Trinajstić information content (AvgIpc) is 2.91. The SMILES string of the molecule is Cc1ccsc1C(=O)OCC(=O)N[C@H](C)c1ccc(F)cc1. The zero-order valence-electron chi connectivity index (χ0n) is 12.3. The highest BCUT2D eigenvalue weighted by molar-refractivity contribution is 7.12. The van der Waals surface area contributed by atoms with Crippen molar-refractivity contribution in [3.8, 4) is 0 Å². The third-order valence-electron chi connectivity index (χ3n) is 3.13. The van der Waals surface area contributed by atoms with E-state index >= 15 is 0 Å². The summed E-state index contributed by atoms with van der Waals surface area (Å²) in [7, 11) is 0. The first-order chi connectivity index (χ1) is 10.5. The molecule has 0 spiro atoms. The lowest BCUT2D eigenvalue weighted by molar-refractivity contribution is -0.124. The summed E-state index contributed by atoms with van der Waals surface area (Å²) in [6.45, 7) is 3.24. The van der Waals surface area contributed by atoms with Gasteiger partial charge in [-0.3, -0.25) is 4.79 Å². The predicted molar refractivity (Wildman–Crippen MR) is 82.3 cm³/mol. The van der Waals surface area contributed by atoms with Crippen LogP contribution in [-0.4, -0.2) is 18.5 Å². The molecule has 0 aliphatic heterocycles. The van der Waals surface area contributed by atoms with E-state index in [-0.39, 0.29) is 18.5 Å². The Bertz CT molecular complexity index is 666. The molecule has 1 aromatic heterocycles. The van der Waals surface area contributed by atoms with E-state index in [1.165, 1.54) is 23.5 Å². The second-order valence-corrected chi connectivity index (χ2v) is 5.77. The van der Waals surface area contributed by atoms with Gasteiger partial charge in [0, 0.05) is 0 Å². The van der Waals surface area contributed by atoms with Crippen molar-refractivity contribution in [3.05, 3.63) is 57.5 Å². The average molecular weight is 321 g/mol. The minimum atomic E-state index is -0.503. The molecule has 116 valence electrons. The number of hydrogen-bond acceptors (Lipinski definition) is 4. The molecule has 1 aromatic carbocycles. The van der Waals surface area contributed by atoms with Gasteiger partial charge in [0.2, 0.25) is 0 Å². The van der Waals surface area contributed by atoms with Crippen LogP contribution in [0.25, 0.3) is 0 Å². The molecule has 1 heterocycles. The van der Waals surface area contributed by atoms with E-state index in [0.29, 0.717) is 4.88 Å². The Balaban J connectivity index is 1.84. The van der Waals surface area contributed by atoms with Crippen molar-refractivity contribution in [2.75, 3.05) is 6.61 Å². The van der Waals surface area contributed by atoms with Gasteiger partial charge in [-0.15, -0.1) is 11.3 Å². The number of carbonyl (C=O) groups is 2. The molecule has 0 aliphatic rings. The summed E-state index contributed by atoms with van der Waals surface area (Å²) in [6.07, 6.45) is 0.